The Morgan fingerprint density at radius 1 is 1.33 bits per heavy atom. The third kappa shape index (κ3) is 3.82. The van der Waals surface area contributed by atoms with Gasteiger partial charge < -0.3 is 16.2 Å². The second-order valence-electron chi connectivity index (χ2n) is 5.06. The summed E-state index contributed by atoms with van der Waals surface area (Å²) in [4.78, 5) is 3.54. The smallest absolute Gasteiger partial charge is 0.391 e. The zero-order valence-corrected chi connectivity index (χ0v) is 12.0. The molecule has 8 heteroatoms. The van der Waals surface area contributed by atoms with Crippen LogP contribution in [0.25, 0.3) is 0 Å². The zero-order chi connectivity index (χ0) is 15.6. The van der Waals surface area contributed by atoms with Crippen molar-refractivity contribution < 1.29 is 18.3 Å². The van der Waals surface area contributed by atoms with Crippen LogP contribution < -0.4 is 11.1 Å². The number of pyridine rings is 1. The van der Waals surface area contributed by atoms with Crippen molar-refractivity contribution in [2.75, 3.05) is 5.32 Å². The highest BCUT2D eigenvalue weighted by Crippen LogP contribution is 2.30. The molecule has 0 bridgehead atoms. The fourth-order valence-corrected chi connectivity index (χ4v) is 2.55. The van der Waals surface area contributed by atoms with Gasteiger partial charge in [-0.25, -0.2) is 4.98 Å². The topological polar surface area (TPSA) is 71.2 Å². The van der Waals surface area contributed by atoms with Crippen molar-refractivity contribution in [3.63, 3.8) is 0 Å². The Labute approximate surface area is 125 Å². The predicted octanol–water partition coefficient (Wildman–Crippen LogP) is 2.45. The number of nitrogens with one attached hydrogen (secondary N) is 1. The Kier molecular flexibility index (Phi) is 4.67. The van der Waals surface area contributed by atoms with Gasteiger partial charge in [0.05, 0.1) is 17.7 Å². The lowest BCUT2D eigenvalue weighted by molar-refractivity contribution is -0.141. The average molecular weight is 319 g/mol. The van der Waals surface area contributed by atoms with Crippen LogP contribution in [0.3, 0.4) is 0 Å². The number of aromatic nitrogens is 1. The van der Waals surface area contributed by atoms with Gasteiger partial charge in [-0.05, 0) is 25.0 Å². The van der Waals surface area contributed by atoms with E-state index in [1.54, 1.807) is 0 Å². The van der Waals surface area contributed by atoms with E-state index in [4.69, 9.17) is 18.0 Å². The minimum Gasteiger partial charge on any atom is -0.391 e. The van der Waals surface area contributed by atoms with Gasteiger partial charge in [0.15, 0.2) is 0 Å². The first-order chi connectivity index (χ1) is 9.79. The quantitative estimate of drug-likeness (QED) is 0.747. The van der Waals surface area contributed by atoms with Crippen LogP contribution in [0, 0.1) is 0 Å². The Morgan fingerprint density at radius 3 is 2.57 bits per heavy atom. The number of hydrogen-bond acceptors (Lipinski definition) is 4. The Bertz CT molecular complexity index is 536. The lowest BCUT2D eigenvalue weighted by atomic mass is 9.92. The van der Waals surface area contributed by atoms with Gasteiger partial charge in [-0.2, -0.15) is 13.2 Å². The summed E-state index contributed by atoms with van der Waals surface area (Å²) in [5, 5.41) is 12.8. The average Bonchev–Trinajstić information content (AvgIpc) is 2.40. The number of aliphatic hydroxyl groups is 1. The number of nitrogens with two attached hydrogens (primary N) is 1. The van der Waals surface area contributed by atoms with E-state index in [-0.39, 0.29) is 22.4 Å². The van der Waals surface area contributed by atoms with E-state index in [0.717, 1.165) is 18.9 Å². The largest absolute Gasteiger partial charge is 0.433 e. The van der Waals surface area contributed by atoms with Crippen molar-refractivity contribution in [3.8, 4) is 0 Å². The van der Waals surface area contributed by atoms with Crippen LogP contribution in [0.4, 0.5) is 19.0 Å². The highest BCUT2D eigenvalue weighted by Gasteiger charge is 2.34. The standard InChI is InChI=1S/C13H16F3N3OS/c14-13(15,16)10-6-5-7(11(17)21)12(19-10)18-8-3-1-2-4-9(8)20/h5-6,8-9,20H,1-4H2,(H2,17,21)(H,18,19). The summed E-state index contributed by atoms with van der Waals surface area (Å²) in [6, 6.07) is 1.70. The predicted molar refractivity (Wildman–Crippen MR) is 77.0 cm³/mol. The van der Waals surface area contributed by atoms with Crippen LogP contribution in [0.1, 0.15) is 36.9 Å². The van der Waals surface area contributed by atoms with Crippen molar-refractivity contribution in [1.82, 2.24) is 4.98 Å². The molecule has 1 aromatic heterocycles. The van der Waals surface area contributed by atoms with E-state index < -0.39 is 18.0 Å². The molecule has 2 unspecified atom stereocenters. The number of halogens is 3. The van der Waals surface area contributed by atoms with Gasteiger partial charge in [0.1, 0.15) is 16.5 Å². The molecule has 1 fully saturated rings. The molecule has 1 aromatic rings. The fourth-order valence-electron chi connectivity index (χ4n) is 2.38. The summed E-state index contributed by atoms with van der Waals surface area (Å²) < 4.78 is 38.3. The zero-order valence-electron chi connectivity index (χ0n) is 11.2. The van der Waals surface area contributed by atoms with Gasteiger partial charge in [-0.1, -0.05) is 25.1 Å². The Hall–Kier alpha value is -1.41. The molecule has 116 valence electrons. The van der Waals surface area contributed by atoms with Gasteiger partial charge in [-0.3, -0.25) is 0 Å². The molecular formula is C13H16F3N3OS. The molecule has 21 heavy (non-hydrogen) atoms. The van der Waals surface area contributed by atoms with Gasteiger partial charge in [0.2, 0.25) is 0 Å². The number of thiocarbonyl (C=S) groups is 1. The molecule has 0 spiro atoms. The van der Waals surface area contributed by atoms with E-state index in [1.807, 2.05) is 0 Å². The molecule has 1 aliphatic rings. The monoisotopic (exact) mass is 319 g/mol. The molecule has 4 N–H and O–H groups in total. The summed E-state index contributed by atoms with van der Waals surface area (Å²) in [6.07, 6.45) is -2.09. The van der Waals surface area contributed by atoms with Crippen LogP contribution in [0.5, 0.6) is 0 Å². The molecule has 0 radical (unpaired) electrons. The van der Waals surface area contributed by atoms with Crippen LogP contribution in [0.15, 0.2) is 12.1 Å². The summed E-state index contributed by atoms with van der Waals surface area (Å²) in [5.41, 5.74) is 4.75. The SMILES string of the molecule is NC(=S)c1ccc(C(F)(F)F)nc1NC1CCCCC1O. The normalized spacial score (nSPS) is 22.9. The third-order valence-corrected chi connectivity index (χ3v) is 3.72. The molecule has 1 heterocycles. The first-order valence-electron chi connectivity index (χ1n) is 6.61. The highest BCUT2D eigenvalue weighted by atomic mass is 32.1. The number of rotatable bonds is 3. The molecular weight excluding hydrogens is 303 g/mol. The molecule has 0 amide bonds. The summed E-state index contributed by atoms with van der Waals surface area (Å²) in [6.45, 7) is 0. The lowest BCUT2D eigenvalue weighted by Gasteiger charge is -2.29. The Balaban J connectivity index is 2.32. The van der Waals surface area contributed by atoms with Gasteiger partial charge in [0, 0.05) is 0 Å². The number of hydrogen-bond donors (Lipinski definition) is 3. The van der Waals surface area contributed by atoms with Crippen molar-refractivity contribution in [2.45, 2.75) is 44.0 Å². The fraction of sp³-hybridized carbons (Fsp3) is 0.538. The first-order valence-corrected chi connectivity index (χ1v) is 7.02. The molecule has 4 nitrogen and oxygen atoms in total. The first kappa shape index (κ1) is 16.0. The van der Waals surface area contributed by atoms with Crippen LogP contribution in [-0.2, 0) is 6.18 Å². The van der Waals surface area contributed by atoms with Crippen molar-refractivity contribution >= 4 is 23.0 Å². The maximum Gasteiger partial charge on any atom is 0.433 e. The van der Waals surface area contributed by atoms with E-state index in [2.05, 4.69) is 10.3 Å². The number of nitrogens with zero attached hydrogens (tertiary/aromatic N) is 1. The van der Waals surface area contributed by atoms with Crippen LogP contribution in [-0.4, -0.2) is 27.2 Å². The number of aliphatic hydroxyl groups excluding tert-OH is 1. The number of alkyl halides is 3. The second kappa shape index (κ2) is 6.15. The molecule has 0 aromatic carbocycles. The summed E-state index contributed by atoms with van der Waals surface area (Å²) in [7, 11) is 0. The van der Waals surface area contributed by atoms with Gasteiger partial charge >= 0.3 is 6.18 Å². The second-order valence-corrected chi connectivity index (χ2v) is 5.50. The maximum atomic E-state index is 12.8. The maximum absolute atomic E-state index is 12.8. The van der Waals surface area contributed by atoms with E-state index in [0.29, 0.717) is 12.8 Å². The molecule has 0 aliphatic heterocycles. The molecule has 2 rings (SSSR count). The summed E-state index contributed by atoms with van der Waals surface area (Å²) >= 11 is 4.84. The van der Waals surface area contributed by atoms with Crippen molar-refractivity contribution in [3.05, 3.63) is 23.4 Å². The summed E-state index contributed by atoms with van der Waals surface area (Å²) in [5.74, 6) is -0.0247. The molecule has 2 atom stereocenters. The third-order valence-electron chi connectivity index (χ3n) is 3.50. The molecule has 0 saturated heterocycles. The van der Waals surface area contributed by atoms with Gasteiger partial charge in [0.25, 0.3) is 0 Å². The highest BCUT2D eigenvalue weighted by molar-refractivity contribution is 7.80. The van der Waals surface area contributed by atoms with E-state index in [9.17, 15) is 18.3 Å². The number of anilines is 1. The van der Waals surface area contributed by atoms with Crippen molar-refractivity contribution in [2.24, 2.45) is 5.73 Å². The molecule has 1 saturated carbocycles. The van der Waals surface area contributed by atoms with Crippen LogP contribution >= 0.6 is 12.2 Å². The Morgan fingerprint density at radius 2 is 2.00 bits per heavy atom. The lowest BCUT2D eigenvalue weighted by Crippen LogP contribution is -2.37. The van der Waals surface area contributed by atoms with E-state index in [1.165, 1.54) is 6.07 Å². The minimum atomic E-state index is -4.55. The van der Waals surface area contributed by atoms with E-state index >= 15 is 0 Å². The molecule has 1 aliphatic carbocycles. The van der Waals surface area contributed by atoms with Crippen LogP contribution in [0.2, 0.25) is 0 Å². The van der Waals surface area contributed by atoms with Crippen molar-refractivity contribution in [1.29, 1.82) is 0 Å². The minimum absolute atomic E-state index is 0.0247. The van der Waals surface area contributed by atoms with Gasteiger partial charge in [-0.15, -0.1) is 0 Å².